The number of nitrogens with one attached hydrogen (secondary N) is 2. The average molecular weight is 355 g/mol. The standard InChI is InChI=1S/C18H30N2O3S/c1-6-8-9-13(7-2)12-19-18(24)20-14-10-15(21-3)17(23-5)16(11-14)22-4/h10-11,13H,6-9,12H2,1-5H3,(H2,19,20,24)/t13-/m0/s1. The maximum Gasteiger partial charge on any atom is 0.203 e. The molecule has 0 aliphatic carbocycles. The molecule has 0 spiro atoms. The number of thiocarbonyl (C=S) groups is 1. The van der Waals surface area contributed by atoms with E-state index in [1.807, 2.05) is 12.1 Å². The summed E-state index contributed by atoms with van der Waals surface area (Å²) >= 11 is 5.40. The van der Waals surface area contributed by atoms with E-state index in [2.05, 4.69) is 24.5 Å². The Hall–Kier alpha value is -1.69. The Morgan fingerprint density at radius 1 is 1.08 bits per heavy atom. The quantitative estimate of drug-likeness (QED) is 0.614. The van der Waals surface area contributed by atoms with Crippen molar-refractivity contribution in [2.45, 2.75) is 39.5 Å². The van der Waals surface area contributed by atoms with Crippen molar-refractivity contribution in [2.75, 3.05) is 33.2 Å². The molecule has 1 aromatic rings. The first-order valence-electron chi connectivity index (χ1n) is 8.44. The van der Waals surface area contributed by atoms with Gasteiger partial charge in [0.1, 0.15) is 0 Å². The molecule has 1 aromatic carbocycles. The Kier molecular flexibility index (Phi) is 9.30. The van der Waals surface area contributed by atoms with Crippen LogP contribution in [0.4, 0.5) is 5.69 Å². The Morgan fingerprint density at radius 3 is 2.17 bits per heavy atom. The third-order valence-electron chi connectivity index (χ3n) is 4.02. The Bertz CT molecular complexity index is 498. The summed E-state index contributed by atoms with van der Waals surface area (Å²) in [5, 5.41) is 7.08. The molecule has 0 bridgehead atoms. The largest absolute Gasteiger partial charge is 0.493 e. The second-order valence-corrected chi connectivity index (χ2v) is 6.07. The molecule has 0 aromatic heterocycles. The van der Waals surface area contributed by atoms with Crippen LogP contribution >= 0.6 is 12.2 Å². The number of anilines is 1. The molecule has 0 saturated carbocycles. The monoisotopic (exact) mass is 354 g/mol. The van der Waals surface area contributed by atoms with Crippen LogP contribution in [0.5, 0.6) is 17.2 Å². The molecule has 6 heteroatoms. The molecule has 5 nitrogen and oxygen atoms in total. The van der Waals surface area contributed by atoms with Crippen molar-refractivity contribution in [3.8, 4) is 17.2 Å². The van der Waals surface area contributed by atoms with Crippen molar-refractivity contribution in [1.29, 1.82) is 0 Å². The fourth-order valence-corrected chi connectivity index (χ4v) is 2.71. The number of methoxy groups -OCH3 is 3. The van der Waals surface area contributed by atoms with E-state index >= 15 is 0 Å². The van der Waals surface area contributed by atoms with Crippen molar-refractivity contribution in [3.05, 3.63) is 12.1 Å². The number of benzene rings is 1. The van der Waals surface area contributed by atoms with Gasteiger partial charge in [-0.25, -0.2) is 0 Å². The van der Waals surface area contributed by atoms with Crippen LogP contribution in [0.3, 0.4) is 0 Å². The zero-order chi connectivity index (χ0) is 17.9. The first-order chi connectivity index (χ1) is 11.6. The van der Waals surface area contributed by atoms with Gasteiger partial charge in [-0.1, -0.05) is 33.1 Å². The lowest BCUT2D eigenvalue weighted by molar-refractivity contribution is 0.324. The van der Waals surface area contributed by atoms with Crippen molar-refractivity contribution >= 4 is 23.0 Å². The summed E-state index contributed by atoms with van der Waals surface area (Å²) in [5.74, 6) is 2.40. The normalized spacial score (nSPS) is 11.5. The third kappa shape index (κ3) is 6.07. The molecular formula is C18H30N2O3S. The molecule has 0 aliphatic rings. The van der Waals surface area contributed by atoms with Gasteiger partial charge in [-0.2, -0.15) is 0 Å². The molecule has 1 atom stereocenters. The minimum Gasteiger partial charge on any atom is -0.493 e. The molecule has 0 unspecified atom stereocenters. The molecule has 1 rings (SSSR count). The summed E-state index contributed by atoms with van der Waals surface area (Å²) in [5.41, 5.74) is 0.795. The van der Waals surface area contributed by atoms with Crippen LogP contribution in [0.1, 0.15) is 39.5 Å². The fraction of sp³-hybridized carbons (Fsp3) is 0.611. The zero-order valence-corrected chi connectivity index (χ0v) is 16.2. The highest BCUT2D eigenvalue weighted by Gasteiger charge is 2.14. The zero-order valence-electron chi connectivity index (χ0n) is 15.4. The third-order valence-corrected chi connectivity index (χ3v) is 4.26. The van der Waals surface area contributed by atoms with Crippen molar-refractivity contribution < 1.29 is 14.2 Å². The lowest BCUT2D eigenvalue weighted by atomic mass is 9.99. The van der Waals surface area contributed by atoms with E-state index in [4.69, 9.17) is 26.4 Å². The SMILES string of the molecule is CCCC[C@H](CC)CNC(=S)Nc1cc(OC)c(OC)c(OC)c1. The van der Waals surface area contributed by atoms with E-state index in [9.17, 15) is 0 Å². The van der Waals surface area contributed by atoms with E-state index in [1.165, 1.54) is 19.3 Å². The predicted octanol–water partition coefficient (Wildman–Crippen LogP) is 4.22. The Labute approximate surface area is 151 Å². The lowest BCUT2D eigenvalue weighted by Gasteiger charge is -2.18. The molecule has 0 saturated heterocycles. The molecule has 0 aliphatic heterocycles. The van der Waals surface area contributed by atoms with Gasteiger partial charge in [-0.15, -0.1) is 0 Å². The topological polar surface area (TPSA) is 51.8 Å². The minimum absolute atomic E-state index is 0.565. The first kappa shape index (κ1) is 20.4. The summed E-state index contributed by atoms with van der Waals surface area (Å²) in [7, 11) is 4.77. The van der Waals surface area contributed by atoms with Crippen LogP contribution in [0, 0.1) is 5.92 Å². The van der Waals surface area contributed by atoms with Gasteiger partial charge in [0, 0.05) is 24.4 Å². The molecule has 0 amide bonds. The van der Waals surface area contributed by atoms with Crippen LogP contribution in [0.15, 0.2) is 12.1 Å². The van der Waals surface area contributed by atoms with Crippen molar-refractivity contribution in [1.82, 2.24) is 5.32 Å². The van der Waals surface area contributed by atoms with E-state index < -0.39 is 0 Å². The number of hydrogen-bond acceptors (Lipinski definition) is 4. The van der Waals surface area contributed by atoms with Crippen LogP contribution in [0.25, 0.3) is 0 Å². The molecule has 2 N–H and O–H groups in total. The van der Waals surface area contributed by atoms with E-state index in [1.54, 1.807) is 21.3 Å². The second-order valence-electron chi connectivity index (χ2n) is 5.67. The molecular weight excluding hydrogens is 324 g/mol. The number of ether oxygens (including phenoxy) is 3. The van der Waals surface area contributed by atoms with Gasteiger partial charge in [0.2, 0.25) is 5.75 Å². The van der Waals surface area contributed by atoms with E-state index in [0.29, 0.717) is 28.3 Å². The maximum absolute atomic E-state index is 5.40. The van der Waals surface area contributed by atoms with Crippen molar-refractivity contribution in [2.24, 2.45) is 5.92 Å². The van der Waals surface area contributed by atoms with Crippen LogP contribution in [-0.4, -0.2) is 33.0 Å². The summed E-state index contributed by atoms with van der Waals surface area (Å²) in [4.78, 5) is 0. The van der Waals surface area contributed by atoms with Gasteiger partial charge >= 0.3 is 0 Å². The minimum atomic E-state index is 0.565. The van der Waals surface area contributed by atoms with E-state index in [-0.39, 0.29) is 0 Å². The summed E-state index contributed by atoms with van der Waals surface area (Å²) in [6.07, 6.45) is 4.87. The second kappa shape index (κ2) is 11.0. The van der Waals surface area contributed by atoms with Crippen LogP contribution in [-0.2, 0) is 0 Å². The maximum atomic E-state index is 5.40. The summed E-state index contributed by atoms with van der Waals surface area (Å²) in [6, 6.07) is 3.67. The van der Waals surface area contributed by atoms with Gasteiger partial charge in [0.05, 0.1) is 21.3 Å². The van der Waals surface area contributed by atoms with Crippen molar-refractivity contribution in [3.63, 3.8) is 0 Å². The molecule has 0 fully saturated rings. The van der Waals surface area contributed by atoms with Gasteiger partial charge in [0.25, 0.3) is 0 Å². The highest BCUT2D eigenvalue weighted by molar-refractivity contribution is 7.80. The number of hydrogen-bond donors (Lipinski definition) is 2. The first-order valence-corrected chi connectivity index (χ1v) is 8.85. The van der Waals surface area contributed by atoms with Crippen LogP contribution < -0.4 is 24.8 Å². The predicted molar refractivity (Wildman–Crippen MR) is 104 cm³/mol. The molecule has 0 radical (unpaired) electrons. The van der Waals surface area contributed by atoms with Gasteiger partial charge in [-0.3, -0.25) is 0 Å². The molecule has 24 heavy (non-hydrogen) atoms. The molecule has 136 valence electrons. The summed E-state index contributed by atoms with van der Waals surface area (Å²) in [6.45, 7) is 5.32. The summed E-state index contributed by atoms with van der Waals surface area (Å²) < 4.78 is 16.0. The fourth-order valence-electron chi connectivity index (χ4n) is 2.51. The van der Waals surface area contributed by atoms with E-state index in [0.717, 1.165) is 18.7 Å². The lowest BCUT2D eigenvalue weighted by Crippen LogP contribution is -2.32. The highest BCUT2D eigenvalue weighted by atomic mass is 32.1. The van der Waals surface area contributed by atoms with Gasteiger partial charge < -0.3 is 24.8 Å². The van der Waals surface area contributed by atoms with Gasteiger partial charge in [0.15, 0.2) is 16.6 Å². The average Bonchev–Trinajstić information content (AvgIpc) is 2.60. The van der Waals surface area contributed by atoms with Crippen LogP contribution in [0.2, 0.25) is 0 Å². The van der Waals surface area contributed by atoms with Gasteiger partial charge in [-0.05, 0) is 24.6 Å². The number of unbranched alkanes of at least 4 members (excludes halogenated alkanes) is 1. The highest BCUT2D eigenvalue weighted by Crippen LogP contribution is 2.39. The molecule has 0 heterocycles. The number of rotatable bonds is 10. The Balaban J connectivity index is 2.69. The smallest absolute Gasteiger partial charge is 0.203 e. The Morgan fingerprint density at radius 2 is 1.71 bits per heavy atom.